The van der Waals surface area contributed by atoms with Gasteiger partial charge in [-0.05, 0) is 23.8 Å². The molecule has 2 aliphatic rings. The quantitative estimate of drug-likeness (QED) is 0.643. The monoisotopic (exact) mass is 456 g/mol. The largest absolute Gasteiger partial charge is 0.377 e. The molecular weight excluding hydrogens is 428 g/mol. The number of benzene rings is 1. The highest BCUT2D eigenvalue weighted by atomic mass is 32.1. The molecule has 1 aromatic heterocycles. The maximum absolute atomic E-state index is 13.7. The second-order valence-corrected chi connectivity index (χ2v) is 10.3. The number of hydrogen-bond acceptors (Lipinski definition) is 7. The molecule has 3 amide bonds. The first-order valence-corrected chi connectivity index (χ1v) is 11.5. The minimum absolute atomic E-state index is 0.233. The number of fused-ring (bicyclic) bond motifs is 2. The third kappa shape index (κ3) is 3.63. The van der Waals surface area contributed by atoms with Gasteiger partial charge in [0.2, 0.25) is 22.9 Å². The molecule has 4 rings (SSSR count). The van der Waals surface area contributed by atoms with Gasteiger partial charge in [0.15, 0.2) is 0 Å². The van der Waals surface area contributed by atoms with Gasteiger partial charge in [0.1, 0.15) is 17.7 Å². The third-order valence-corrected chi connectivity index (χ3v) is 8.12. The molecule has 32 heavy (non-hydrogen) atoms. The molecule has 2 fully saturated rings. The van der Waals surface area contributed by atoms with Crippen LogP contribution in [0.3, 0.4) is 0 Å². The topological polar surface area (TPSA) is 101 Å². The summed E-state index contributed by atoms with van der Waals surface area (Å²) in [5, 5.41) is 11.7. The Balaban J connectivity index is 1.67. The van der Waals surface area contributed by atoms with Crippen molar-refractivity contribution in [1.29, 1.82) is 0 Å². The maximum atomic E-state index is 13.7. The van der Waals surface area contributed by atoms with Crippen LogP contribution in [-0.2, 0) is 32.1 Å². The molecule has 170 valence electrons. The van der Waals surface area contributed by atoms with E-state index in [-0.39, 0.29) is 24.2 Å². The number of likely N-dealkylation sites (tertiary alicyclic amines) is 1. The number of aromatic nitrogens is 2. The Labute approximate surface area is 191 Å². The van der Waals surface area contributed by atoms with Crippen molar-refractivity contribution in [3.8, 4) is 0 Å². The Kier molecular flexibility index (Phi) is 5.89. The van der Waals surface area contributed by atoms with Gasteiger partial charge in [0, 0.05) is 19.4 Å². The van der Waals surface area contributed by atoms with Crippen LogP contribution < -0.4 is 5.32 Å². The lowest BCUT2D eigenvalue weighted by atomic mass is 9.62. The molecule has 2 heterocycles. The molecule has 1 saturated carbocycles. The number of carbonyl (C=O) groups is 3. The molecule has 3 atom stereocenters. The van der Waals surface area contributed by atoms with Crippen molar-refractivity contribution in [2.24, 2.45) is 16.7 Å². The minimum Gasteiger partial charge on any atom is -0.377 e. The van der Waals surface area contributed by atoms with E-state index in [4.69, 9.17) is 4.74 Å². The molecule has 1 aromatic carbocycles. The molecule has 1 N–H and O–H groups in total. The Hall–Kier alpha value is -2.65. The van der Waals surface area contributed by atoms with Crippen LogP contribution in [0.4, 0.5) is 5.13 Å². The van der Waals surface area contributed by atoms with Crippen LogP contribution >= 0.6 is 11.3 Å². The first-order chi connectivity index (χ1) is 15.2. The van der Waals surface area contributed by atoms with Crippen LogP contribution in [0.2, 0.25) is 0 Å². The van der Waals surface area contributed by atoms with Crippen molar-refractivity contribution in [1.82, 2.24) is 15.1 Å². The highest BCUT2D eigenvalue weighted by Crippen LogP contribution is 2.60. The second-order valence-electron chi connectivity index (χ2n) is 9.29. The molecule has 1 aliphatic heterocycles. The van der Waals surface area contributed by atoms with E-state index < -0.39 is 22.8 Å². The number of anilines is 1. The number of nitrogens with one attached hydrogen (secondary N) is 1. The van der Waals surface area contributed by atoms with E-state index in [2.05, 4.69) is 15.5 Å². The summed E-state index contributed by atoms with van der Waals surface area (Å²) in [6.45, 7) is 6.19. The van der Waals surface area contributed by atoms with E-state index >= 15 is 0 Å². The second kappa shape index (κ2) is 8.37. The van der Waals surface area contributed by atoms with Gasteiger partial charge in [-0.2, -0.15) is 0 Å². The first-order valence-electron chi connectivity index (χ1n) is 10.7. The average Bonchev–Trinajstić information content (AvgIpc) is 3.26. The number of amides is 3. The predicted octanol–water partition coefficient (Wildman–Crippen LogP) is 3.05. The summed E-state index contributed by atoms with van der Waals surface area (Å²) in [4.78, 5) is 41.9. The molecule has 0 spiro atoms. The van der Waals surface area contributed by atoms with E-state index in [1.54, 1.807) is 7.11 Å². The standard InChI is InChI=1S/C23H28N4O4S/c1-22(2)15-10-11-23(22,3)20(30)27(19(15)29)16(12-14-8-6-5-7-9-14)18(28)24-21-26-25-17(32-21)13-31-4/h5-9,15-16H,10-13H2,1-4H3,(H,24,26,28). The van der Waals surface area contributed by atoms with Crippen molar-refractivity contribution in [2.45, 2.75) is 52.7 Å². The van der Waals surface area contributed by atoms with Crippen molar-refractivity contribution < 1.29 is 19.1 Å². The van der Waals surface area contributed by atoms with Gasteiger partial charge in [0.25, 0.3) is 0 Å². The van der Waals surface area contributed by atoms with E-state index in [9.17, 15) is 14.4 Å². The third-order valence-electron chi connectivity index (χ3n) is 7.30. The number of nitrogens with zero attached hydrogens (tertiary/aromatic N) is 3. The summed E-state index contributed by atoms with van der Waals surface area (Å²) >= 11 is 1.20. The van der Waals surface area contributed by atoms with Crippen molar-refractivity contribution in [3.63, 3.8) is 0 Å². The molecule has 1 aliphatic carbocycles. The van der Waals surface area contributed by atoms with Crippen LogP contribution in [0.1, 0.15) is 44.2 Å². The first kappa shape index (κ1) is 22.5. The fourth-order valence-electron chi connectivity index (χ4n) is 4.96. The van der Waals surface area contributed by atoms with Crippen molar-refractivity contribution in [3.05, 3.63) is 40.9 Å². The average molecular weight is 457 g/mol. The SMILES string of the molecule is COCc1nnc(NC(=O)C(Cc2ccccc2)N2C(=O)C3CCC(C)(C2=O)C3(C)C)s1. The number of rotatable bonds is 7. The summed E-state index contributed by atoms with van der Waals surface area (Å²) in [5.41, 5.74) is -0.262. The smallest absolute Gasteiger partial charge is 0.249 e. The number of carbonyl (C=O) groups excluding carboxylic acids is 3. The van der Waals surface area contributed by atoms with Crippen molar-refractivity contribution in [2.75, 3.05) is 12.4 Å². The zero-order chi connectivity index (χ0) is 23.1. The summed E-state index contributed by atoms with van der Waals surface area (Å²) in [6.07, 6.45) is 1.53. The van der Waals surface area contributed by atoms with Gasteiger partial charge in [0.05, 0.1) is 5.41 Å². The van der Waals surface area contributed by atoms with Gasteiger partial charge in [-0.1, -0.05) is 62.4 Å². The molecular formula is C23H28N4O4S. The molecule has 2 bridgehead atoms. The zero-order valence-corrected chi connectivity index (χ0v) is 19.6. The zero-order valence-electron chi connectivity index (χ0n) is 18.8. The maximum Gasteiger partial charge on any atom is 0.249 e. The fraction of sp³-hybridized carbons (Fsp3) is 0.522. The Morgan fingerprint density at radius 3 is 2.66 bits per heavy atom. The Morgan fingerprint density at radius 2 is 1.97 bits per heavy atom. The number of ether oxygens (including phenoxy) is 1. The highest BCUT2D eigenvalue weighted by molar-refractivity contribution is 7.15. The Bertz CT molecular complexity index is 1040. The van der Waals surface area contributed by atoms with Crippen molar-refractivity contribution >= 4 is 34.2 Å². The van der Waals surface area contributed by atoms with Crippen LogP contribution in [-0.4, -0.2) is 46.0 Å². The van der Waals surface area contributed by atoms with Crippen LogP contribution in [0, 0.1) is 16.7 Å². The van der Waals surface area contributed by atoms with E-state index in [0.717, 1.165) is 5.56 Å². The minimum atomic E-state index is -0.969. The lowest BCUT2D eigenvalue weighted by molar-refractivity contribution is -0.172. The molecule has 9 heteroatoms. The lowest BCUT2D eigenvalue weighted by Gasteiger charge is -2.49. The summed E-state index contributed by atoms with van der Waals surface area (Å²) in [5.74, 6) is -1.26. The molecule has 0 radical (unpaired) electrons. The fourth-order valence-corrected chi connectivity index (χ4v) is 5.67. The van der Waals surface area contributed by atoms with Gasteiger partial charge in [-0.25, -0.2) is 0 Å². The number of imide groups is 1. The van der Waals surface area contributed by atoms with E-state index in [1.165, 1.54) is 16.2 Å². The highest BCUT2D eigenvalue weighted by Gasteiger charge is 2.65. The molecule has 1 saturated heterocycles. The van der Waals surface area contributed by atoms with Gasteiger partial charge in [-0.15, -0.1) is 10.2 Å². The molecule has 2 aromatic rings. The summed E-state index contributed by atoms with van der Waals surface area (Å²) in [6, 6.07) is 8.45. The van der Waals surface area contributed by atoms with Gasteiger partial charge in [-0.3, -0.25) is 24.6 Å². The molecule has 8 nitrogen and oxygen atoms in total. The van der Waals surface area contributed by atoms with Crippen LogP contribution in [0.25, 0.3) is 0 Å². The van der Waals surface area contributed by atoms with Crippen LogP contribution in [0.15, 0.2) is 30.3 Å². The van der Waals surface area contributed by atoms with E-state index in [0.29, 0.717) is 29.6 Å². The number of piperidine rings is 1. The summed E-state index contributed by atoms with van der Waals surface area (Å²) < 4.78 is 5.05. The van der Waals surface area contributed by atoms with Crippen LogP contribution in [0.5, 0.6) is 0 Å². The summed E-state index contributed by atoms with van der Waals surface area (Å²) in [7, 11) is 1.56. The lowest BCUT2D eigenvalue weighted by Crippen LogP contribution is -2.64. The molecule has 3 unspecified atom stereocenters. The van der Waals surface area contributed by atoms with Gasteiger partial charge >= 0.3 is 0 Å². The normalized spacial score (nSPS) is 25.1. The van der Waals surface area contributed by atoms with E-state index in [1.807, 2.05) is 51.1 Å². The number of hydrogen-bond donors (Lipinski definition) is 1. The number of methoxy groups -OCH3 is 1. The predicted molar refractivity (Wildman–Crippen MR) is 120 cm³/mol. The van der Waals surface area contributed by atoms with Gasteiger partial charge < -0.3 is 4.74 Å². The Morgan fingerprint density at radius 1 is 1.25 bits per heavy atom.